The van der Waals surface area contributed by atoms with Crippen molar-refractivity contribution >= 4 is 46.3 Å². The number of amides is 2. The normalized spacial score (nSPS) is 17.8. The number of anilines is 2. The highest BCUT2D eigenvalue weighted by Gasteiger charge is 2.53. The summed E-state index contributed by atoms with van der Waals surface area (Å²) in [7, 11) is 0. The van der Waals surface area contributed by atoms with Gasteiger partial charge in [-0.2, -0.15) is 0 Å². The number of rotatable bonds is 3. The van der Waals surface area contributed by atoms with Gasteiger partial charge in [-0.1, -0.05) is 47.5 Å². The Morgan fingerprint density at radius 3 is 2.03 bits per heavy atom. The Morgan fingerprint density at radius 1 is 0.900 bits per heavy atom. The Labute approximate surface area is 186 Å². The molecule has 3 aromatic rings. The van der Waals surface area contributed by atoms with Crippen LogP contribution in [0.4, 0.5) is 21.9 Å². The molecule has 1 atom stereocenters. The molecule has 30 heavy (non-hydrogen) atoms. The van der Waals surface area contributed by atoms with E-state index in [4.69, 9.17) is 29.8 Å². The van der Waals surface area contributed by atoms with Gasteiger partial charge in [0, 0.05) is 21.4 Å². The number of hydrogen-bond donors (Lipinski definition) is 0. The fourth-order valence-corrected chi connectivity index (χ4v) is 4.37. The van der Waals surface area contributed by atoms with Gasteiger partial charge in [-0.05, 0) is 67.9 Å². The van der Waals surface area contributed by atoms with Gasteiger partial charge in [0.25, 0.3) is 0 Å². The van der Waals surface area contributed by atoms with Crippen molar-refractivity contribution in [2.24, 2.45) is 0 Å². The highest BCUT2D eigenvalue weighted by molar-refractivity contribution is 6.31. The summed E-state index contributed by atoms with van der Waals surface area (Å²) in [5.41, 5.74) is 2.33. The maximum absolute atomic E-state index is 13.8. The first-order valence-corrected chi connectivity index (χ1v) is 10.2. The highest BCUT2D eigenvalue weighted by Crippen LogP contribution is 2.48. The monoisotopic (exact) mass is 435 g/mol. The Bertz CT molecular complexity index is 1130. The van der Waals surface area contributed by atoms with Crippen molar-refractivity contribution in [3.63, 3.8) is 0 Å². The van der Waals surface area contributed by atoms with Crippen molar-refractivity contribution in [1.82, 2.24) is 0 Å². The van der Waals surface area contributed by atoms with Gasteiger partial charge in [0.05, 0.1) is 18.2 Å². The molecule has 150 valence electrons. The van der Waals surface area contributed by atoms with E-state index in [9.17, 15) is 4.79 Å². The summed E-state index contributed by atoms with van der Waals surface area (Å²) in [6, 6.07) is 21.4. The van der Waals surface area contributed by atoms with Crippen LogP contribution in [0.3, 0.4) is 0 Å². The molecule has 1 aliphatic rings. The van der Waals surface area contributed by atoms with Crippen LogP contribution < -0.4 is 9.80 Å². The first kappa shape index (κ1) is 20.3. The van der Waals surface area contributed by atoms with Crippen LogP contribution in [0, 0.1) is 6.57 Å². The molecule has 3 aromatic carbocycles. The molecular formula is C24H19Cl2N3O. The largest absolute Gasteiger partial charge is 0.330 e. The quantitative estimate of drug-likeness (QED) is 0.391. The number of nitrogens with zero attached hydrogens (tertiary/aromatic N) is 3. The smallest absolute Gasteiger partial charge is 0.286 e. The van der Waals surface area contributed by atoms with Crippen LogP contribution >= 0.6 is 23.2 Å². The maximum Gasteiger partial charge on any atom is 0.330 e. The summed E-state index contributed by atoms with van der Waals surface area (Å²) in [6.45, 7) is 11.5. The minimum atomic E-state index is -0.606. The van der Waals surface area contributed by atoms with Gasteiger partial charge in [0.2, 0.25) is 0 Å². The van der Waals surface area contributed by atoms with Crippen LogP contribution in [0.15, 0.2) is 72.8 Å². The molecule has 6 heteroatoms. The zero-order valence-corrected chi connectivity index (χ0v) is 18.0. The summed E-state index contributed by atoms with van der Waals surface area (Å²) in [5, 5.41) is 1.21. The number of halogens is 2. The average Bonchev–Trinajstić information content (AvgIpc) is 2.94. The van der Waals surface area contributed by atoms with Gasteiger partial charge >= 0.3 is 6.03 Å². The molecule has 2 amide bonds. The van der Waals surface area contributed by atoms with Crippen molar-refractivity contribution in [2.75, 3.05) is 9.80 Å². The number of urea groups is 1. The number of hydrogen-bond acceptors (Lipinski definition) is 1. The van der Waals surface area contributed by atoms with Gasteiger partial charge in [0.15, 0.2) is 5.69 Å². The minimum Gasteiger partial charge on any atom is -0.286 e. The topological polar surface area (TPSA) is 27.9 Å². The van der Waals surface area contributed by atoms with Gasteiger partial charge in [-0.25, -0.2) is 9.64 Å². The van der Waals surface area contributed by atoms with Gasteiger partial charge in [-0.3, -0.25) is 9.80 Å². The molecule has 0 aliphatic carbocycles. The van der Waals surface area contributed by atoms with Crippen molar-refractivity contribution in [3.05, 3.63) is 99.8 Å². The average molecular weight is 436 g/mol. The molecule has 1 fully saturated rings. The fourth-order valence-electron chi connectivity index (χ4n) is 4.12. The van der Waals surface area contributed by atoms with Crippen LogP contribution in [0.1, 0.15) is 25.5 Å². The summed E-state index contributed by atoms with van der Waals surface area (Å²) < 4.78 is 0. The fraction of sp³-hybridized carbons (Fsp3) is 0.167. The molecular weight excluding hydrogens is 417 g/mol. The lowest BCUT2D eigenvalue weighted by molar-refractivity contribution is 0.254. The van der Waals surface area contributed by atoms with Crippen LogP contribution in [-0.2, 0) is 0 Å². The summed E-state index contributed by atoms with van der Waals surface area (Å²) in [4.78, 5) is 20.9. The molecule has 1 heterocycles. The first-order valence-electron chi connectivity index (χ1n) is 9.45. The van der Waals surface area contributed by atoms with E-state index in [-0.39, 0.29) is 12.1 Å². The molecule has 0 unspecified atom stereocenters. The molecule has 4 nitrogen and oxygen atoms in total. The first-order chi connectivity index (χ1) is 14.3. The van der Waals surface area contributed by atoms with E-state index < -0.39 is 5.54 Å². The third-order valence-corrected chi connectivity index (χ3v) is 5.91. The van der Waals surface area contributed by atoms with Crippen LogP contribution in [0.2, 0.25) is 10.0 Å². The summed E-state index contributed by atoms with van der Waals surface area (Å²) in [5.74, 6) is 0. The second-order valence-electron chi connectivity index (χ2n) is 7.70. The molecule has 0 saturated carbocycles. The van der Waals surface area contributed by atoms with Crippen molar-refractivity contribution in [3.8, 4) is 0 Å². The maximum atomic E-state index is 13.8. The predicted octanol–water partition coefficient (Wildman–Crippen LogP) is 7.51. The Hall–Kier alpha value is -3.00. The Morgan fingerprint density at radius 2 is 1.47 bits per heavy atom. The number of carbonyl (C=O) groups excluding carboxylic acids is 1. The molecule has 0 aromatic heterocycles. The highest BCUT2D eigenvalue weighted by atomic mass is 35.5. The lowest BCUT2D eigenvalue weighted by Gasteiger charge is -2.35. The van der Waals surface area contributed by atoms with Crippen molar-refractivity contribution in [2.45, 2.75) is 25.4 Å². The molecule has 0 bridgehead atoms. The SMILES string of the molecule is [C-]#[N+]c1cccc([C@@H]2N(c3ccc(Cl)cc3)C(=O)N(c3ccc(Cl)cc3)C2(C)C)c1. The molecule has 0 radical (unpaired) electrons. The van der Waals surface area contributed by atoms with Crippen LogP contribution in [-0.4, -0.2) is 11.6 Å². The van der Waals surface area contributed by atoms with Gasteiger partial charge in [-0.15, -0.1) is 0 Å². The number of benzene rings is 3. The van der Waals surface area contributed by atoms with Crippen LogP contribution in [0.5, 0.6) is 0 Å². The predicted molar refractivity (Wildman–Crippen MR) is 123 cm³/mol. The molecule has 1 aliphatic heterocycles. The lowest BCUT2D eigenvalue weighted by atomic mass is 9.87. The molecule has 0 N–H and O–H groups in total. The van der Waals surface area contributed by atoms with Gasteiger partial charge in [0.1, 0.15) is 0 Å². The van der Waals surface area contributed by atoms with E-state index in [1.54, 1.807) is 40.1 Å². The lowest BCUT2D eigenvalue weighted by Crippen LogP contribution is -2.43. The second-order valence-corrected chi connectivity index (χ2v) is 8.58. The zero-order valence-electron chi connectivity index (χ0n) is 16.5. The van der Waals surface area contributed by atoms with E-state index in [2.05, 4.69) is 4.85 Å². The van der Waals surface area contributed by atoms with Crippen LogP contribution in [0.25, 0.3) is 4.85 Å². The number of carbonyl (C=O) groups is 1. The van der Waals surface area contributed by atoms with E-state index in [1.165, 1.54) is 0 Å². The van der Waals surface area contributed by atoms with E-state index >= 15 is 0 Å². The standard InChI is InChI=1S/C24H19Cl2N3O/c1-24(2)22(16-5-4-6-19(15-16)27-3)28(20-11-7-17(25)8-12-20)23(30)29(24)21-13-9-18(26)10-14-21/h4-15,22H,1-2H3/t22-/m0/s1. The summed E-state index contributed by atoms with van der Waals surface area (Å²) in [6.07, 6.45) is 0. The van der Waals surface area contributed by atoms with E-state index in [1.807, 2.05) is 56.3 Å². The molecule has 1 saturated heterocycles. The van der Waals surface area contributed by atoms with E-state index in [0.29, 0.717) is 15.7 Å². The second kappa shape index (κ2) is 7.68. The molecule has 0 spiro atoms. The third kappa shape index (κ3) is 3.41. The van der Waals surface area contributed by atoms with Gasteiger partial charge < -0.3 is 0 Å². The van der Waals surface area contributed by atoms with Crippen molar-refractivity contribution in [1.29, 1.82) is 0 Å². The van der Waals surface area contributed by atoms with Crippen molar-refractivity contribution < 1.29 is 4.79 Å². The van der Waals surface area contributed by atoms with E-state index in [0.717, 1.165) is 16.9 Å². The Balaban J connectivity index is 1.90. The summed E-state index contributed by atoms with van der Waals surface area (Å²) >= 11 is 12.2. The third-order valence-electron chi connectivity index (χ3n) is 5.41. The Kier molecular flexibility index (Phi) is 5.19. The minimum absolute atomic E-state index is 0.150. The zero-order chi connectivity index (χ0) is 21.5. The molecule has 4 rings (SSSR count).